The minimum Gasteiger partial charge on any atom is -0.492 e. The number of pyridine rings is 2. The van der Waals surface area contributed by atoms with E-state index in [-0.39, 0.29) is 11.6 Å². The Morgan fingerprint density at radius 1 is 1.10 bits per heavy atom. The van der Waals surface area contributed by atoms with Gasteiger partial charge in [0.25, 0.3) is 11.5 Å². The summed E-state index contributed by atoms with van der Waals surface area (Å²) in [5.41, 5.74) is 1.29. The quantitative estimate of drug-likeness (QED) is 0.414. The molecule has 1 unspecified atom stereocenters. The summed E-state index contributed by atoms with van der Waals surface area (Å²) in [6.07, 6.45) is 2.83. The molecule has 2 aromatic heterocycles. The van der Waals surface area contributed by atoms with Crippen LogP contribution in [0, 0.1) is 0 Å². The van der Waals surface area contributed by atoms with Crippen molar-refractivity contribution in [2.45, 2.75) is 25.8 Å². The lowest BCUT2D eigenvalue weighted by Crippen LogP contribution is -2.33. The molecule has 8 heteroatoms. The molecule has 3 rings (SSSR count). The molecule has 0 aliphatic rings. The summed E-state index contributed by atoms with van der Waals surface area (Å²) in [5.74, 6) is -0.512. The van der Waals surface area contributed by atoms with Crippen LogP contribution < -0.4 is 20.9 Å². The van der Waals surface area contributed by atoms with E-state index in [4.69, 9.17) is 12.6 Å². The summed E-state index contributed by atoms with van der Waals surface area (Å²) >= 11 is 0. The molecule has 3 aromatic rings. The Labute approximate surface area is 181 Å². The van der Waals surface area contributed by atoms with Crippen LogP contribution in [0.25, 0.3) is 5.52 Å². The minimum absolute atomic E-state index is 0.0645. The number of amides is 2. The standard InChI is InChI=1S/C23H24BN3O4/c1-2-20(16-7-4-3-5-8-16)26-21(28)19-12-10-17-9-11-18(15-27(17)22(19)29)31-14-6-13-25-23(24)30/h3-5,7-12,15,20H,2,6,13-14H2,1H3,(H,25,30)(H,26,28). The van der Waals surface area contributed by atoms with Gasteiger partial charge in [-0.15, -0.1) is 0 Å². The lowest BCUT2D eigenvalue weighted by molar-refractivity contribution is 0.0934. The number of benzene rings is 1. The summed E-state index contributed by atoms with van der Waals surface area (Å²) < 4.78 is 7.04. The maximum absolute atomic E-state index is 13.0. The predicted molar refractivity (Wildman–Crippen MR) is 120 cm³/mol. The average molecular weight is 417 g/mol. The maximum atomic E-state index is 13.0. The molecule has 0 saturated carbocycles. The Bertz CT molecular complexity index is 1110. The topological polar surface area (TPSA) is 88.9 Å². The van der Waals surface area contributed by atoms with Crippen molar-refractivity contribution in [3.63, 3.8) is 0 Å². The summed E-state index contributed by atoms with van der Waals surface area (Å²) in [5, 5.41) is 5.43. The van der Waals surface area contributed by atoms with E-state index in [1.807, 2.05) is 37.3 Å². The third-order valence-corrected chi connectivity index (χ3v) is 4.87. The Morgan fingerprint density at radius 2 is 1.84 bits per heavy atom. The number of carbonyl (C=O) groups excluding carboxylic acids is 2. The molecule has 31 heavy (non-hydrogen) atoms. The number of nitrogens with zero attached hydrogens (tertiary/aromatic N) is 1. The first kappa shape index (κ1) is 22.1. The number of hydrogen-bond donors (Lipinski definition) is 2. The molecule has 7 nitrogen and oxygen atoms in total. The largest absolute Gasteiger partial charge is 0.492 e. The van der Waals surface area contributed by atoms with E-state index in [2.05, 4.69) is 10.6 Å². The third-order valence-electron chi connectivity index (χ3n) is 4.87. The van der Waals surface area contributed by atoms with E-state index in [9.17, 15) is 14.4 Å². The second-order valence-corrected chi connectivity index (χ2v) is 7.05. The van der Waals surface area contributed by atoms with Gasteiger partial charge in [-0.25, -0.2) is 0 Å². The summed E-state index contributed by atoms with van der Waals surface area (Å²) in [6.45, 7) is 2.72. The van der Waals surface area contributed by atoms with Crippen molar-refractivity contribution in [3.8, 4) is 5.75 Å². The van der Waals surface area contributed by atoms with Gasteiger partial charge in [-0.05, 0) is 42.7 Å². The van der Waals surface area contributed by atoms with Crippen molar-refractivity contribution in [2.75, 3.05) is 13.2 Å². The van der Waals surface area contributed by atoms with Gasteiger partial charge in [0.15, 0.2) is 13.7 Å². The fourth-order valence-corrected chi connectivity index (χ4v) is 3.25. The number of fused-ring (bicyclic) bond motifs is 1. The SMILES string of the molecule is [B]C(=O)NCCCOc1ccc2ccc(C(=O)NC(CC)c3ccccc3)c(=O)n2c1. The second-order valence-electron chi connectivity index (χ2n) is 7.05. The zero-order valence-electron chi connectivity index (χ0n) is 17.3. The van der Waals surface area contributed by atoms with Gasteiger partial charge in [-0.1, -0.05) is 37.3 Å². The van der Waals surface area contributed by atoms with Crippen LogP contribution in [-0.4, -0.2) is 37.1 Å². The van der Waals surface area contributed by atoms with Gasteiger partial charge >= 0.3 is 0 Å². The van der Waals surface area contributed by atoms with E-state index >= 15 is 0 Å². The summed E-state index contributed by atoms with van der Waals surface area (Å²) in [6, 6.07) is 16.2. The highest BCUT2D eigenvalue weighted by atomic mass is 16.5. The van der Waals surface area contributed by atoms with Crippen molar-refractivity contribution in [3.05, 3.63) is 82.3 Å². The van der Waals surface area contributed by atoms with Crippen LogP contribution in [0.4, 0.5) is 4.79 Å². The fraction of sp³-hybridized carbons (Fsp3) is 0.261. The maximum Gasteiger partial charge on any atom is 0.268 e. The molecule has 2 N–H and O–H groups in total. The number of ether oxygens (including phenoxy) is 1. The molecule has 0 spiro atoms. The smallest absolute Gasteiger partial charge is 0.268 e. The number of carbonyl (C=O) groups is 2. The summed E-state index contributed by atoms with van der Waals surface area (Å²) in [7, 11) is 5.01. The molecule has 158 valence electrons. The molecular formula is C23H24BN3O4. The van der Waals surface area contributed by atoms with Crippen LogP contribution in [0.5, 0.6) is 5.75 Å². The number of aromatic nitrogens is 1. The Hall–Kier alpha value is -3.55. The van der Waals surface area contributed by atoms with E-state index in [0.717, 1.165) is 5.56 Å². The zero-order chi connectivity index (χ0) is 22.2. The Balaban J connectivity index is 1.75. The molecule has 2 amide bonds. The van der Waals surface area contributed by atoms with Gasteiger partial charge in [0, 0.05) is 12.1 Å². The summed E-state index contributed by atoms with van der Waals surface area (Å²) in [4.78, 5) is 36.5. The first-order chi connectivity index (χ1) is 15.0. The predicted octanol–water partition coefficient (Wildman–Crippen LogP) is 2.83. The van der Waals surface area contributed by atoms with Gasteiger partial charge in [0.05, 0.1) is 18.8 Å². The molecular weight excluding hydrogens is 393 g/mol. The molecule has 0 aliphatic heterocycles. The minimum atomic E-state index is -0.583. The van der Waals surface area contributed by atoms with Crippen molar-refractivity contribution in [2.24, 2.45) is 0 Å². The first-order valence-corrected chi connectivity index (χ1v) is 10.2. The van der Waals surface area contributed by atoms with Gasteiger partial charge in [-0.3, -0.25) is 18.8 Å². The van der Waals surface area contributed by atoms with Crippen molar-refractivity contribution in [1.29, 1.82) is 0 Å². The van der Waals surface area contributed by atoms with Crippen LogP contribution >= 0.6 is 0 Å². The highest BCUT2D eigenvalue weighted by Crippen LogP contribution is 2.17. The zero-order valence-corrected chi connectivity index (χ0v) is 17.3. The molecule has 0 fully saturated rings. The van der Waals surface area contributed by atoms with Crippen LogP contribution in [0.2, 0.25) is 0 Å². The van der Waals surface area contributed by atoms with Crippen LogP contribution in [0.1, 0.15) is 41.7 Å². The Kier molecular flexibility index (Phi) is 7.48. The Morgan fingerprint density at radius 3 is 2.55 bits per heavy atom. The van der Waals surface area contributed by atoms with Crippen LogP contribution in [0.15, 0.2) is 65.6 Å². The molecule has 1 aromatic carbocycles. The van der Waals surface area contributed by atoms with Crippen LogP contribution in [-0.2, 0) is 0 Å². The second kappa shape index (κ2) is 10.5. The highest BCUT2D eigenvalue weighted by molar-refractivity contribution is 6.57. The van der Waals surface area contributed by atoms with E-state index < -0.39 is 17.3 Å². The monoisotopic (exact) mass is 417 g/mol. The van der Waals surface area contributed by atoms with Gasteiger partial charge < -0.3 is 15.4 Å². The van der Waals surface area contributed by atoms with E-state index in [0.29, 0.717) is 37.3 Å². The van der Waals surface area contributed by atoms with Gasteiger partial charge in [0.1, 0.15) is 11.3 Å². The fourth-order valence-electron chi connectivity index (χ4n) is 3.25. The lowest BCUT2D eigenvalue weighted by atomic mass is 10.0. The van der Waals surface area contributed by atoms with Gasteiger partial charge in [0.2, 0.25) is 0 Å². The molecule has 0 aliphatic carbocycles. The lowest BCUT2D eigenvalue weighted by Gasteiger charge is -2.17. The van der Waals surface area contributed by atoms with Crippen LogP contribution in [0.3, 0.4) is 0 Å². The number of rotatable bonds is 9. The average Bonchev–Trinajstić information content (AvgIpc) is 2.78. The van der Waals surface area contributed by atoms with Gasteiger partial charge in [-0.2, -0.15) is 0 Å². The number of hydrogen-bond acceptors (Lipinski definition) is 4. The molecule has 2 heterocycles. The third kappa shape index (κ3) is 5.75. The highest BCUT2D eigenvalue weighted by Gasteiger charge is 2.17. The van der Waals surface area contributed by atoms with Crippen molar-refractivity contribution < 1.29 is 14.3 Å². The van der Waals surface area contributed by atoms with E-state index in [1.165, 1.54) is 4.40 Å². The first-order valence-electron chi connectivity index (χ1n) is 10.2. The molecule has 0 bridgehead atoms. The molecule has 1 atom stereocenters. The normalized spacial score (nSPS) is 11.6. The molecule has 2 radical (unpaired) electrons. The van der Waals surface area contributed by atoms with E-state index in [1.54, 1.807) is 30.5 Å². The van der Waals surface area contributed by atoms with Crippen molar-refractivity contribution in [1.82, 2.24) is 15.0 Å². The molecule has 0 saturated heterocycles. The van der Waals surface area contributed by atoms with Crippen molar-refractivity contribution >= 4 is 25.1 Å². The number of nitrogens with one attached hydrogen (secondary N) is 2.